The van der Waals surface area contributed by atoms with E-state index < -0.39 is 0 Å². The number of rotatable bonds is 3. The fourth-order valence-corrected chi connectivity index (χ4v) is 5.48. The van der Waals surface area contributed by atoms with Gasteiger partial charge in [-0.05, 0) is 75.9 Å². The predicted octanol–water partition coefficient (Wildman–Crippen LogP) is 4.13. The summed E-state index contributed by atoms with van der Waals surface area (Å²) in [7, 11) is 0. The maximum Gasteiger partial charge on any atom is 0.0843 e. The van der Waals surface area contributed by atoms with E-state index in [2.05, 4.69) is 43.4 Å². The van der Waals surface area contributed by atoms with Gasteiger partial charge in [0.15, 0.2) is 0 Å². The number of nitrogens with two attached hydrogens (primary N) is 1. The van der Waals surface area contributed by atoms with E-state index >= 15 is 0 Å². The highest BCUT2D eigenvalue weighted by atomic mass is 79.9. The van der Waals surface area contributed by atoms with Gasteiger partial charge in [-0.3, -0.25) is 11.3 Å². The van der Waals surface area contributed by atoms with E-state index in [1.54, 1.807) is 11.3 Å². The van der Waals surface area contributed by atoms with Gasteiger partial charge < -0.3 is 4.74 Å². The van der Waals surface area contributed by atoms with E-state index in [1.807, 2.05) is 0 Å². The minimum Gasteiger partial charge on any atom is -0.375 e. The summed E-state index contributed by atoms with van der Waals surface area (Å²) >= 11 is 8.87. The van der Waals surface area contributed by atoms with Gasteiger partial charge >= 0.3 is 0 Å². The molecule has 1 saturated heterocycles. The van der Waals surface area contributed by atoms with Crippen LogP contribution >= 0.6 is 43.2 Å². The van der Waals surface area contributed by atoms with E-state index in [1.165, 1.54) is 24.1 Å². The van der Waals surface area contributed by atoms with Gasteiger partial charge in [-0.15, -0.1) is 11.3 Å². The molecule has 106 valence electrons. The van der Waals surface area contributed by atoms with Gasteiger partial charge in [-0.1, -0.05) is 0 Å². The first-order valence-electron chi connectivity index (χ1n) is 6.68. The summed E-state index contributed by atoms with van der Waals surface area (Å²) in [5, 5.41) is 0. The van der Waals surface area contributed by atoms with Gasteiger partial charge in [-0.25, -0.2) is 0 Å². The lowest BCUT2D eigenvalue weighted by molar-refractivity contribution is -0.147. The quantitative estimate of drug-likeness (QED) is 0.582. The molecule has 3 nitrogen and oxygen atoms in total. The molecule has 19 heavy (non-hydrogen) atoms. The molecule has 2 atom stereocenters. The minimum atomic E-state index is 0.170. The second-order valence-electron chi connectivity index (χ2n) is 5.55. The van der Waals surface area contributed by atoms with E-state index in [9.17, 15) is 0 Å². The molecule has 0 radical (unpaired) electrons. The standard InChI is InChI=1S/C13H18Br2N2OS/c14-9-6-10(19-12(9)15)11(17-16)8-2-5-18-13(7-8)3-1-4-13/h6,8,11,17H,1-5,7,16H2. The average Bonchev–Trinajstić information content (AvgIpc) is 2.69. The first kappa shape index (κ1) is 14.5. The average molecular weight is 410 g/mol. The summed E-state index contributed by atoms with van der Waals surface area (Å²) in [5.41, 5.74) is 3.20. The summed E-state index contributed by atoms with van der Waals surface area (Å²) in [4.78, 5) is 1.29. The predicted molar refractivity (Wildman–Crippen MR) is 85.0 cm³/mol. The third-order valence-corrected chi connectivity index (χ3v) is 7.76. The van der Waals surface area contributed by atoms with Crippen LogP contribution in [0.3, 0.4) is 0 Å². The Balaban J connectivity index is 1.77. The van der Waals surface area contributed by atoms with Crippen molar-refractivity contribution in [3.8, 4) is 0 Å². The van der Waals surface area contributed by atoms with Crippen molar-refractivity contribution in [3.05, 3.63) is 19.2 Å². The van der Waals surface area contributed by atoms with Gasteiger partial charge in [0.1, 0.15) is 0 Å². The van der Waals surface area contributed by atoms with Crippen LogP contribution in [0.4, 0.5) is 0 Å². The fraction of sp³-hybridized carbons (Fsp3) is 0.692. The number of hydrazine groups is 1. The molecule has 2 heterocycles. The van der Waals surface area contributed by atoms with Crippen LogP contribution in [0.25, 0.3) is 0 Å². The molecule has 0 amide bonds. The number of halogens is 2. The third kappa shape index (κ3) is 2.80. The molecule has 0 aromatic carbocycles. The van der Waals surface area contributed by atoms with E-state index in [4.69, 9.17) is 10.6 Å². The van der Waals surface area contributed by atoms with Crippen LogP contribution in [0.15, 0.2) is 14.3 Å². The van der Waals surface area contributed by atoms with Crippen molar-refractivity contribution in [2.75, 3.05) is 6.61 Å². The van der Waals surface area contributed by atoms with Crippen molar-refractivity contribution in [2.45, 2.75) is 43.7 Å². The minimum absolute atomic E-state index is 0.170. The smallest absolute Gasteiger partial charge is 0.0843 e. The number of ether oxygens (including phenoxy) is 1. The second-order valence-corrected chi connectivity index (χ2v) is 8.81. The van der Waals surface area contributed by atoms with E-state index in [0.29, 0.717) is 5.92 Å². The third-order valence-electron chi connectivity index (χ3n) is 4.42. The Morgan fingerprint density at radius 3 is 2.79 bits per heavy atom. The van der Waals surface area contributed by atoms with Crippen molar-refractivity contribution in [1.29, 1.82) is 0 Å². The molecular formula is C13H18Br2N2OS. The zero-order valence-electron chi connectivity index (χ0n) is 10.6. The molecule has 3 N–H and O–H groups in total. The SMILES string of the molecule is NNC(c1cc(Br)c(Br)s1)C1CCOC2(CCC2)C1. The highest BCUT2D eigenvalue weighted by Crippen LogP contribution is 2.48. The van der Waals surface area contributed by atoms with Crippen LogP contribution in [0.2, 0.25) is 0 Å². The number of thiophene rings is 1. The van der Waals surface area contributed by atoms with Crippen molar-refractivity contribution >= 4 is 43.2 Å². The van der Waals surface area contributed by atoms with Crippen LogP contribution < -0.4 is 11.3 Å². The second kappa shape index (κ2) is 5.73. The van der Waals surface area contributed by atoms with Crippen LogP contribution in [-0.4, -0.2) is 12.2 Å². The molecular weight excluding hydrogens is 392 g/mol. The van der Waals surface area contributed by atoms with Gasteiger partial charge in [0, 0.05) is 16.0 Å². The molecule has 3 rings (SSSR count). The maximum atomic E-state index is 6.01. The summed E-state index contributed by atoms with van der Waals surface area (Å²) < 4.78 is 8.25. The molecule has 1 aromatic heterocycles. The summed E-state index contributed by atoms with van der Waals surface area (Å²) in [6.45, 7) is 0.872. The molecule has 2 aliphatic rings. The van der Waals surface area contributed by atoms with Crippen molar-refractivity contribution in [3.63, 3.8) is 0 Å². The normalized spacial score (nSPS) is 27.2. The van der Waals surface area contributed by atoms with Crippen LogP contribution in [0.1, 0.15) is 43.0 Å². The molecule has 1 spiro atoms. The number of hydrogen-bond donors (Lipinski definition) is 2. The lowest BCUT2D eigenvalue weighted by Gasteiger charge is -2.48. The fourth-order valence-electron chi connectivity index (χ4n) is 3.24. The first-order valence-corrected chi connectivity index (χ1v) is 9.09. The Morgan fingerprint density at radius 2 is 2.26 bits per heavy atom. The highest BCUT2D eigenvalue weighted by molar-refractivity contribution is 9.13. The molecule has 6 heteroatoms. The number of nitrogens with one attached hydrogen (secondary N) is 1. The molecule has 2 fully saturated rings. The van der Waals surface area contributed by atoms with Crippen molar-refractivity contribution < 1.29 is 4.74 Å². The summed E-state index contributed by atoms with van der Waals surface area (Å²) in [6.07, 6.45) is 5.97. The van der Waals surface area contributed by atoms with Crippen molar-refractivity contribution in [1.82, 2.24) is 5.43 Å². The summed E-state index contributed by atoms with van der Waals surface area (Å²) in [6, 6.07) is 2.40. The van der Waals surface area contributed by atoms with E-state index in [0.717, 1.165) is 27.7 Å². The lowest BCUT2D eigenvalue weighted by atomic mass is 9.70. The van der Waals surface area contributed by atoms with Crippen LogP contribution in [-0.2, 0) is 4.74 Å². The lowest BCUT2D eigenvalue weighted by Crippen LogP contribution is -2.48. The molecule has 1 aliphatic heterocycles. The maximum absolute atomic E-state index is 6.01. The van der Waals surface area contributed by atoms with Gasteiger partial charge in [-0.2, -0.15) is 0 Å². The monoisotopic (exact) mass is 408 g/mol. The molecule has 1 aliphatic carbocycles. The number of hydrogen-bond acceptors (Lipinski definition) is 4. The molecule has 2 unspecified atom stereocenters. The zero-order chi connectivity index (χ0) is 13.5. The Kier molecular flexibility index (Phi) is 4.37. The highest BCUT2D eigenvalue weighted by Gasteiger charge is 2.44. The first-order chi connectivity index (χ1) is 9.13. The molecule has 0 bridgehead atoms. The molecule has 1 aromatic rings. The van der Waals surface area contributed by atoms with Gasteiger partial charge in [0.25, 0.3) is 0 Å². The van der Waals surface area contributed by atoms with Gasteiger partial charge in [0.2, 0.25) is 0 Å². The van der Waals surface area contributed by atoms with Crippen molar-refractivity contribution in [2.24, 2.45) is 11.8 Å². The topological polar surface area (TPSA) is 47.3 Å². The zero-order valence-corrected chi connectivity index (χ0v) is 14.6. The Labute approximate surface area is 134 Å². The Bertz CT molecular complexity index is 442. The Hall–Kier alpha value is 0.540. The largest absolute Gasteiger partial charge is 0.375 e. The van der Waals surface area contributed by atoms with Gasteiger partial charge in [0.05, 0.1) is 15.4 Å². The molecule has 1 saturated carbocycles. The summed E-state index contributed by atoms with van der Waals surface area (Å²) in [5.74, 6) is 6.39. The van der Waals surface area contributed by atoms with Crippen LogP contribution in [0.5, 0.6) is 0 Å². The Morgan fingerprint density at radius 1 is 1.47 bits per heavy atom. The van der Waals surface area contributed by atoms with Crippen LogP contribution in [0, 0.1) is 5.92 Å². The van der Waals surface area contributed by atoms with E-state index in [-0.39, 0.29) is 11.6 Å².